The van der Waals surface area contributed by atoms with Gasteiger partial charge < -0.3 is 5.32 Å². The molecule has 0 amide bonds. The molecule has 112 valence electrons. The van der Waals surface area contributed by atoms with Crippen LogP contribution in [0.25, 0.3) is 5.57 Å². The van der Waals surface area contributed by atoms with Crippen molar-refractivity contribution in [2.45, 2.75) is 32.6 Å². The van der Waals surface area contributed by atoms with Crippen molar-refractivity contribution in [3.63, 3.8) is 0 Å². The third-order valence-electron chi connectivity index (χ3n) is 3.49. The molecule has 1 heterocycles. The van der Waals surface area contributed by atoms with E-state index < -0.39 is 0 Å². The Hall–Kier alpha value is -1.97. The molecule has 1 N–H and O–H groups in total. The Kier molecular flexibility index (Phi) is 6.13. The molecular weight excluding hydrogens is 265 g/mol. The lowest BCUT2D eigenvalue weighted by Gasteiger charge is -2.08. The fourth-order valence-corrected chi connectivity index (χ4v) is 2.25. The van der Waals surface area contributed by atoms with Gasteiger partial charge in [0.25, 0.3) is 0 Å². The van der Waals surface area contributed by atoms with Gasteiger partial charge in [0, 0.05) is 36.6 Å². The number of aryl methyl sites for hydroxylation is 1. The minimum atomic E-state index is -0.173. The van der Waals surface area contributed by atoms with Crippen molar-refractivity contribution in [2.75, 3.05) is 13.1 Å². The lowest BCUT2D eigenvalue weighted by atomic mass is 10.0. The average Bonchev–Trinajstić information content (AvgIpc) is 2.49. The van der Waals surface area contributed by atoms with E-state index in [1.165, 1.54) is 0 Å². The lowest BCUT2D eigenvalue weighted by Crippen LogP contribution is -2.12. The molecule has 0 spiro atoms. The summed E-state index contributed by atoms with van der Waals surface area (Å²) in [4.78, 5) is 8.61. The van der Waals surface area contributed by atoms with Crippen LogP contribution in [0.4, 0.5) is 4.39 Å². The molecule has 0 fully saturated rings. The first-order valence-electron chi connectivity index (χ1n) is 7.55. The molecular formula is C17H22FN3. The van der Waals surface area contributed by atoms with Crippen molar-refractivity contribution in [2.24, 2.45) is 9.98 Å². The molecule has 0 saturated heterocycles. The zero-order valence-electron chi connectivity index (χ0n) is 12.5. The second-order valence-corrected chi connectivity index (χ2v) is 5.04. The molecule has 0 unspecified atom stereocenters. The molecule has 0 aliphatic carbocycles. The monoisotopic (exact) mass is 287 g/mol. The molecule has 0 bridgehead atoms. The van der Waals surface area contributed by atoms with Crippen LogP contribution in [0.3, 0.4) is 0 Å². The number of nitrogens with zero attached hydrogens (tertiary/aromatic N) is 2. The molecule has 0 saturated carbocycles. The Morgan fingerprint density at radius 1 is 1.24 bits per heavy atom. The molecule has 2 rings (SSSR count). The lowest BCUT2D eigenvalue weighted by molar-refractivity contribution is 0.609. The fourth-order valence-electron chi connectivity index (χ4n) is 2.25. The smallest absolute Gasteiger partial charge is 0.134 e. The molecule has 4 heteroatoms. The van der Waals surface area contributed by atoms with E-state index in [9.17, 15) is 4.39 Å². The average molecular weight is 287 g/mol. The quantitative estimate of drug-likeness (QED) is 0.886. The number of nitrogens with one attached hydrogen (secondary N) is 1. The molecule has 1 aliphatic rings. The van der Waals surface area contributed by atoms with Crippen LogP contribution in [0.2, 0.25) is 0 Å². The maximum absolute atomic E-state index is 14.4. The maximum Gasteiger partial charge on any atom is 0.134 e. The maximum atomic E-state index is 14.4. The molecule has 21 heavy (non-hydrogen) atoms. The van der Waals surface area contributed by atoms with Crippen LogP contribution in [-0.2, 0) is 6.42 Å². The van der Waals surface area contributed by atoms with Crippen LogP contribution in [0.5, 0.6) is 0 Å². The van der Waals surface area contributed by atoms with E-state index >= 15 is 0 Å². The van der Waals surface area contributed by atoms with Gasteiger partial charge >= 0.3 is 0 Å². The van der Waals surface area contributed by atoms with Crippen LogP contribution in [0, 0.1) is 5.82 Å². The first kappa shape index (κ1) is 15.4. The third kappa shape index (κ3) is 4.52. The van der Waals surface area contributed by atoms with E-state index in [4.69, 9.17) is 0 Å². The Labute approximate surface area is 125 Å². The minimum Gasteiger partial charge on any atom is -0.376 e. The summed E-state index contributed by atoms with van der Waals surface area (Å²) in [5.74, 6) is -0.173. The van der Waals surface area contributed by atoms with Gasteiger partial charge in [-0.15, -0.1) is 0 Å². The van der Waals surface area contributed by atoms with Gasteiger partial charge in [-0.1, -0.05) is 25.1 Å². The number of rotatable bonds is 2. The number of hydrogen-bond acceptors (Lipinski definition) is 3. The number of allylic oxidation sites excluding steroid dienone is 1. The van der Waals surface area contributed by atoms with Crippen LogP contribution < -0.4 is 5.32 Å². The Morgan fingerprint density at radius 3 is 3.00 bits per heavy atom. The van der Waals surface area contributed by atoms with E-state index in [-0.39, 0.29) is 5.82 Å². The van der Waals surface area contributed by atoms with E-state index in [1.54, 1.807) is 24.8 Å². The van der Waals surface area contributed by atoms with Crippen LogP contribution in [0.15, 0.2) is 34.4 Å². The van der Waals surface area contributed by atoms with Gasteiger partial charge in [0.15, 0.2) is 0 Å². The second-order valence-electron chi connectivity index (χ2n) is 5.04. The van der Waals surface area contributed by atoms with E-state index in [2.05, 4.69) is 15.3 Å². The Bertz CT molecular complexity index is 547. The van der Waals surface area contributed by atoms with Crippen molar-refractivity contribution >= 4 is 18.1 Å². The topological polar surface area (TPSA) is 36.8 Å². The Morgan fingerprint density at radius 2 is 2.14 bits per heavy atom. The summed E-state index contributed by atoms with van der Waals surface area (Å²) in [5.41, 5.74) is 1.99. The van der Waals surface area contributed by atoms with Gasteiger partial charge in [-0.25, -0.2) is 9.38 Å². The summed E-state index contributed by atoms with van der Waals surface area (Å²) in [7, 11) is 0. The molecule has 0 aromatic heterocycles. The molecule has 1 aromatic rings. The van der Waals surface area contributed by atoms with Gasteiger partial charge in [-0.2, -0.15) is 0 Å². The second kappa shape index (κ2) is 8.35. The highest BCUT2D eigenvalue weighted by molar-refractivity contribution is 6.10. The van der Waals surface area contributed by atoms with Crippen molar-refractivity contribution in [3.8, 4) is 0 Å². The van der Waals surface area contributed by atoms with Gasteiger partial charge in [-0.3, -0.25) is 4.99 Å². The van der Waals surface area contributed by atoms with Crippen LogP contribution in [-0.4, -0.2) is 25.6 Å². The number of aliphatic imine (C=N–C) groups is 2. The highest BCUT2D eigenvalue weighted by atomic mass is 19.1. The van der Waals surface area contributed by atoms with Crippen molar-refractivity contribution in [1.29, 1.82) is 0 Å². The van der Waals surface area contributed by atoms with Gasteiger partial charge in [0.05, 0.1) is 6.34 Å². The van der Waals surface area contributed by atoms with Crippen LogP contribution >= 0.6 is 0 Å². The van der Waals surface area contributed by atoms with E-state index in [1.807, 2.05) is 19.1 Å². The zero-order chi connectivity index (χ0) is 14.9. The summed E-state index contributed by atoms with van der Waals surface area (Å²) >= 11 is 0. The molecule has 1 aliphatic heterocycles. The molecule has 1 aromatic carbocycles. The van der Waals surface area contributed by atoms with Gasteiger partial charge in [0.2, 0.25) is 0 Å². The minimum absolute atomic E-state index is 0.173. The summed E-state index contributed by atoms with van der Waals surface area (Å²) in [6, 6.07) is 5.47. The first-order chi connectivity index (χ1) is 10.3. The summed E-state index contributed by atoms with van der Waals surface area (Å²) in [6.45, 7) is 3.64. The highest BCUT2D eigenvalue weighted by Gasteiger charge is 2.09. The largest absolute Gasteiger partial charge is 0.376 e. The number of halogens is 1. The highest BCUT2D eigenvalue weighted by Crippen LogP contribution is 2.20. The summed E-state index contributed by atoms with van der Waals surface area (Å²) in [5, 5.41) is 3.14. The fraction of sp³-hybridized carbons (Fsp3) is 0.412. The summed E-state index contributed by atoms with van der Waals surface area (Å²) < 4.78 is 14.4. The molecule has 0 radical (unpaired) electrons. The van der Waals surface area contributed by atoms with E-state index in [0.29, 0.717) is 17.6 Å². The number of benzene rings is 1. The Balaban J connectivity index is 2.32. The third-order valence-corrected chi connectivity index (χ3v) is 3.49. The van der Waals surface area contributed by atoms with Crippen LogP contribution in [0.1, 0.15) is 37.3 Å². The predicted molar refractivity (Wildman–Crippen MR) is 87.5 cm³/mol. The normalized spacial score (nSPS) is 22.1. The predicted octanol–water partition coefficient (Wildman–Crippen LogP) is 3.60. The standard InChI is InChI=1S/C17H22FN3/c1-2-14-7-6-8-16(17(14)18)15-11-19-9-4-3-5-10-20-13-21-12-15/h6-8,11-13H,2-5,9-10H2,1H3,(H,20,21)/b15-12+,19-11-. The molecule has 0 atom stereocenters. The SMILES string of the molecule is CCc1cccc(C2=C/N=C/NCCCCC/N=C\2)c1F. The summed E-state index contributed by atoms with van der Waals surface area (Å²) in [6.07, 6.45) is 9.04. The van der Waals surface area contributed by atoms with Crippen molar-refractivity contribution in [1.82, 2.24) is 5.32 Å². The van der Waals surface area contributed by atoms with Crippen molar-refractivity contribution in [3.05, 3.63) is 41.3 Å². The van der Waals surface area contributed by atoms with Crippen molar-refractivity contribution < 1.29 is 4.39 Å². The van der Waals surface area contributed by atoms with Gasteiger partial charge in [0.1, 0.15) is 5.82 Å². The first-order valence-corrected chi connectivity index (χ1v) is 7.55. The van der Waals surface area contributed by atoms with E-state index in [0.717, 1.165) is 37.9 Å². The molecule has 3 nitrogen and oxygen atoms in total. The van der Waals surface area contributed by atoms with Gasteiger partial charge in [-0.05, 0) is 31.2 Å². The zero-order valence-corrected chi connectivity index (χ0v) is 12.5. The number of hydrogen-bond donors (Lipinski definition) is 1.